The second-order valence-corrected chi connectivity index (χ2v) is 13.7. The molecule has 0 saturated heterocycles. The molecule has 2 unspecified atom stereocenters. The van der Waals surface area contributed by atoms with Crippen molar-refractivity contribution in [2.75, 3.05) is 6.61 Å². The van der Waals surface area contributed by atoms with Gasteiger partial charge in [-0.2, -0.15) is 0 Å². The van der Waals surface area contributed by atoms with Crippen molar-refractivity contribution in [1.29, 1.82) is 0 Å². The van der Waals surface area contributed by atoms with E-state index in [9.17, 15) is 15.0 Å². The topological polar surface area (TPSA) is 69.6 Å². The summed E-state index contributed by atoms with van der Waals surface area (Å²) in [4.78, 5) is 12.3. The van der Waals surface area contributed by atoms with Crippen LogP contribution in [0, 0.1) is 0 Å². The Kier molecular flexibility index (Phi) is 36.9. The molecule has 0 fully saturated rings. The number of aliphatic hydroxyl groups is 2. The van der Waals surface area contributed by atoms with Crippen molar-refractivity contribution in [2.24, 2.45) is 0 Å². The van der Waals surface area contributed by atoms with E-state index in [1.54, 1.807) is 6.08 Å². The van der Waals surface area contributed by atoms with E-state index in [0.717, 1.165) is 32.1 Å². The second-order valence-electron chi connectivity index (χ2n) is 13.7. The van der Waals surface area contributed by atoms with E-state index < -0.39 is 12.1 Å². The first kappa shape index (κ1) is 44.6. The molecule has 0 aromatic heterocycles. The van der Waals surface area contributed by atoms with E-state index in [4.69, 9.17) is 0 Å². The van der Waals surface area contributed by atoms with E-state index in [1.165, 1.54) is 154 Å². The highest BCUT2D eigenvalue weighted by Gasteiger charge is 2.17. The lowest BCUT2D eigenvalue weighted by molar-refractivity contribution is -0.123. The Morgan fingerprint density at radius 2 is 0.891 bits per heavy atom. The summed E-state index contributed by atoms with van der Waals surface area (Å²) in [6.45, 7) is 4.24. The molecule has 0 heterocycles. The molecule has 0 saturated carbocycles. The van der Waals surface area contributed by atoms with Gasteiger partial charge in [-0.1, -0.05) is 185 Å². The molecule has 0 aromatic carbocycles. The first-order valence-corrected chi connectivity index (χ1v) is 20.2. The van der Waals surface area contributed by atoms with Crippen molar-refractivity contribution in [3.05, 3.63) is 36.5 Å². The van der Waals surface area contributed by atoms with E-state index in [1.807, 2.05) is 6.08 Å². The summed E-state index contributed by atoms with van der Waals surface area (Å²) < 4.78 is 0. The van der Waals surface area contributed by atoms with Crippen molar-refractivity contribution in [1.82, 2.24) is 5.32 Å². The Hall–Kier alpha value is -1.39. The van der Waals surface area contributed by atoms with Gasteiger partial charge in [-0.25, -0.2) is 0 Å². The molecule has 0 spiro atoms. The summed E-state index contributed by atoms with van der Waals surface area (Å²) >= 11 is 0. The Labute approximate surface area is 287 Å². The summed E-state index contributed by atoms with van der Waals surface area (Å²) in [7, 11) is 0. The molecule has 4 nitrogen and oxygen atoms in total. The highest BCUT2D eigenvalue weighted by Crippen LogP contribution is 2.15. The Bertz CT molecular complexity index is 701. The minimum absolute atomic E-state index is 0.0688. The zero-order valence-corrected chi connectivity index (χ0v) is 30.8. The van der Waals surface area contributed by atoms with Crippen LogP contribution in [0.1, 0.15) is 206 Å². The fraction of sp³-hybridized carbons (Fsp3) is 0.833. The summed E-state index contributed by atoms with van der Waals surface area (Å²) in [6.07, 6.45) is 49.8. The lowest BCUT2D eigenvalue weighted by Crippen LogP contribution is -2.45. The maximum absolute atomic E-state index is 12.3. The maximum atomic E-state index is 12.3. The molecule has 2 atom stereocenters. The van der Waals surface area contributed by atoms with Crippen LogP contribution in [0.2, 0.25) is 0 Å². The standard InChI is InChI=1S/C42H79NO3/c1-3-5-7-9-11-12-13-14-15-16-17-18-19-20-21-22-23-24-25-26-27-28-29-30-32-34-36-38-42(46)43-40(39-44)41(45)37-35-33-31-10-8-6-4-2/h13-14,16-17,35,37,40-41,44-45H,3-12,15,18-34,36,38-39H2,1-2H3,(H,43,46)/b14-13-,17-16-,37-35+. The maximum Gasteiger partial charge on any atom is 0.220 e. The molecule has 0 radical (unpaired) electrons. The molecular weight excluding hydrogens is 566 g/mol. The molecule has 3 N–H and O–H groups in total. The number of nitrogens with one attached hydrogen (secondary N) is 1. The van der Waals surface area contributed by atoms with Crippen molar-refractivity contribution in [3.63, 3.8) is 0 Å². The summed E-state index contributed by atoms with van der Waals surface area (Å²) in [5.74, 6) is -0.0688. The van der Waals surface area contributed by atoms with Gasteiger partial charge in [0.1, 0.15) is 0 Å². The van der Waals surface area contributed by atoms with Crippen LogP contribution in [0.25, 0.3) is 0 Å². The zero-order chi connectivity index (χ0) is 33.6. The van der Waals surface area contributed by atoms with E-state index in [-0.39, 0.29) is 12.5 Å². The number of unbranched alkanes of at least 4 members (excludes halogenated alkanes) is 25. The van der Waals surface area contributed by atoms with Gasteiger partial charge in [0.25, 0.3) is 0 Å². The van der Waals surface area contributed by atoms with E-state index in [0.29, 0.717) is 6.42 Å². The number of carbonyl (C=O) groups is 1. The lowest BCUT2D eigenvalue weighted by atomic mass is 10.0. The third kappa shape index (κ3) is 34.0. The number of rotatable bonds is 36. The fourth-order valence-electron chi connectivity index (χ4n) is 5.97. The molecule has 46 heavy (non-hydrogen) atoms. The Morgan fingerprint density at radius 1 is 0.522 bits per heavy atom. The van der Waals surface area contributed by atoms with Gasteiger partial charge in [0, 0.05) is 6.42 Å². The molecular formula is C42H79NO3. The van der Waals surface area contributed by atoms with E-state index in [2.05, 4.69) is 43.5 Å². The third-order valence-electron chi connectivity index (χ3n) is 9.12. The van der Waals surface area contributed by atoms with Crippen LogP contribution in [0.5, 0.6) is 0 Å². The molecule has 0 aliphatic carbocycles. The highest BCUT2D eigenvalue weighted by molar-refractivity contribution is 5.76. The molecule has 0 aliphatic heterocycles. The minimum atomic E-state index is -0.834. The predicted octanol–water partition coefficient (Wildman–Crippen LogP) is 12.2. The number of amides is 1. The van der Waals surface area contributed by atoms with Crippen LogP contribution in [0.3, 0.4) is 0 Å². The number of hydrogen-bond donors (Lipinski definition) is 3. The normalized spacial score (nSPS) is 13.4. The van der Waals surface area contributed by atoms with Crippen molar-refractivity contribution in [3.8, 4) is 0 Å². The second kappa shape index (κ2) is 38.1. The van der Waals surface area contributed by atoms with Crippen molar-refractivity contribution in [2.45, 2.75) is 219 Å². The summed E-state index contributed by atoms with van der Waals surface area (Å²) in [5, 5.41) is 22.7. The number of carbonyl (C=O) groups excluding carboxylic acids is 1. The third-order valence-corrected chi connectivity index (χ3v) is 9.12. The molecule has 270 valence electrons. The average molecular weight is 646 g/mol. The summed E-state index contributed by atoms with van der Waals surface area (Å²) in [5.41, 5.74) is 0. The Balaban J connectivity index is 3.45. The first-order chi connectivity index (χ1) is 22.7. The van der Waals surface area contributed by atoms with Crippen LogP contribution in [0.4, 0.5) is 0 Å². The fourth-order valence-corrected chi connectivity index (χ4v) is 5.97. The van der Waals surface area contributed by atoms with Gasteiger partial charge in [0.05, 0.1) is 18.8 Å². The smallest absolute Gasteiger partial charge is 0.220 e. The molecule has 0 rings (SSSR count). The van der Waals surface area contributed by atoms with Crippen LogP contribution in [-0.2, 0) is 4.79 Å². The van der Waals surface area contributed by atoms with E-state index >= 15 is 0 Å². The molecule has 0 aliphatic rings. The van der Waals surface area contributed by atoms with Crippen molar-refractivity contribution >= 4 is 5.91 Å². The SMILES string of the molecule is CCCCCCC/C=C\C/C=C\CCCCCCCCCCCCCCCCCC(=O)NC(CO)C(O)/C=C/CCCCCCC. The quantitative estimate of drug-likeness (QED) is 0.0469. The molecule has 0 bridgehead atoms. The largest absolute Gasteiger partial charge is 0.394 e. The van der Waals surface area contributed by atoms with Crippen LogP contribution in [-0.4, -0.2) is 34.9 Å². The Morgan fingerprint density at radius 3 is 1.30 bits per heavy atom. The van der Waals surface area contributed by atoms with Crippen LogP contribution >= 0.6 is 0 Å². The predicted molar refractivity (Wildman–Crippen MR) is 202 cm³/mol. The lowest BCUT2D eigenvalue weighted by Gasteiger charge is -2.20. The van der Waals surface area contributed by atoms with Gasteiger partial charge in [0.15, 0.2) is 0 Å². The van der Waals surface area contributed by atoms with Gasteiger partial charge in [0.2, 0.25) is 5.91 Å². The van der Waals surface area contributed by atoms with Gasteiger partial charge in [-0.3, -0.25) is 4.79 Å². The first-order valence-electron chi connectivity index (χ1n) is 20.2. The van der Waals surface area contributed by atoms with Gasteiger partial charge < -0.3 is 15.5 Å². The minimum Gasteiger partial charge on any atom is -0.394 e. The van der Waals surface area contributed by atoms with Crippen molar-refractivity contribution < 1.29 is 15.0 Å². The molecule has 1 amide bonds. The molecule has 0 aromatic rings. The van der Waals surface area contributed by atoms with Gasteiger partial charge in [-0.05, 0) is 51.4 Å². The monoisotopic (exact) mass is 646 g/mol. The van der Waals surface area contributed by atoms with Crippen LogP contribution < -0.4 is 5.32 Å². The molecule has 4 heteroatoms. The van der Waals surface area contributed by atoms with Gasteiger partial charge >= 0.3 is 0 Å². The number of hydrogen-bond acceptors (Lipinski definition) is 3. The van der Waals surface area contributed by atoms with Crippen LogP contribution in [0.15, 0.2) is 36.5 Å². The van der Waals surface area contributed by atoms with Gasteiger partial charge in [-0.15, -0.1) is 0 Å². The average Bonchev–Trinajstić information content (AvgIpc) is 3.06. The number of allylic oxidation sites excluding steroid dienone is 5. The summed E-state index contributed by atoms with van der Waals surface area (Å²) in [6, 6.07) is -0.617. The number of aliphatic hydroxyl groups excluding tert-OH is 2. The zero-order valence-electron chi connectivity index (χ0n) is 30.8. The highest BCUT2D eigenvalue weighted by atomic mass is 16.3.